The van der Waals surface area contributed by atoms with Crippen molar-refractivity contribution in [2.24, 2.45) is 5.73 Å². The van der Waals surface area contributed by atoms with Gasteiger partial charge in [-0.2, -0.15) is 0 Å². The number of nitrogens with one attached hydrogen (secondary N) is 1. The Labute approximate surface area is 121 Å². The number of carbonyl (C=O) groups is 1. The molecule has 0 aliphatic rings. The molecule has 8 heteroatoms. The van der Waals surface area contributed by atoms with Crippen LogP contribution in [0, 0.1) is 0 Å². The van der Waals surface area contributed by atoms with E-state index in [4.69, 9.17) is 10.5 Å². The molecular formula is C13H13N3O4S. The Bertz CT molecular complexity index is 774. The standard InChI is InChI=1S/C13H13N3O4S/c1-20-11-6-7-15-8-10(11)16-21(18,19)12-5-3-2-4-9(12)13(14)17/h2-8,16H,1H3,(H2,14,17). The van der Waals surface area contributed by atoms with Gasteiger partial charge in [-0.25, -0.2) is 8.42 Å². The SMILES string of the molecule is COc1ccncc1NS(=O)(=O)c1ccccc1C(N)=O. The Morgan fingerprint density at radius 1 is 1.29 bits per heavy atom. The second kappa shape index (κ2) is 5.80. The predicted octanol–water partition coefficient (Wildman–Crippen LogP) is 0.990. The van der Waals surface area contributed by atoms with Crippen LogP contribution in [0.1, 0.15) is 10.4 Å². The van der Waals surface area contributed by atoms with Gasteiger partial charge in [-0.05, 0) is 12.1 Å². The van der Waals surface area contributed by atoms with Gasteiger partial charge in [-0.3, -0.25) is 14.5 Å². The van der Waals surface area contributed by atoms with E-state index in [1.165, 1.54) is 49.8 Å². The summed E-state index contributed by atoms with van der Waals surface area (Å²) in [5.74, 6) is -0.515. The molecule has 1 aromatic carbocycles. The molecule has 110 valence electrons. The van der Waals surface area contributed by atoms with Gasteiger partial charge in [-0.15, -0.1) is 0 Å². The zero-order valence-electron chi connectivity index (χ0n) is 11.1. The first kappa shape index (κ1) is 14.8. The topological polar surface area (TPSA) is 111 Å². The number of carbonyl (C=O) groups excluding carboxylic acids is 1. The number of sulfonamides is 1. The largest absolute Gasteiger partial charge is 0.494 e. The molecule has 0 atom stereocenters. The number of pyridine rings is 1. The van der Waals surface area contributed by atoms with Crippen molar-refractivity contribution < 1.29 is 17.9 Å². The average Bonchev–Trinajstić information content (AvgIpc) is 2.47. The van der Waals surface area contributed by atoms with Crippen LogP contribution in [-0.4, -0.2) is 26.4 Å². The molecule has 0 unspecified atom stereocenters. The molecule has 2 rings (SSSR count). The lowest BCUT2D eigenvalue weighted by Crippen LogP contribution is -2.20. The van der Waals surface area contributed by atoms with Crippen LogP contribution in [0.4, 0.5) is 5.69 Å². The van der Waals surface area contributed by atoms with Crippen LogP contribution >= 0.6 is 0 Å². The minimum Gasteiger partial charge on any atom is -0.494 e. The van der Waals surface area contributed by atoms with Crippen molar-refractivity contribution in [1.29, 1.82) is 0 Å². The van der Waals surface area contributed by atoms with E-state index in [2.05, 4.69) is 9.71 Å². The van der Waals surface area contributed by atoms with Crippen molar-refractivity contribution in [1.82, 2.24) is 4.98 Å². The number of primary amides is 1. The number of anilines is 1. The van der Waals surface area contributed by atoms with Crippen LogP contribution < -0.4 is 15.2 Å². The van der Waals surface area contributed by atoms with Crippen LogP contribution in [-0.2, 0) is 10.0 Å². The van der Waals surface area contributed by atoms with Crippen molar-refractivity contribution in [3.63, 3.8) is 0 Å². The number of benzene rings is 1. The van der Waals surface area contributed by atoms with Crippen molar-refractivity contribution in [2.75, 3.05) is 11.8 Å². The molecule has 21 heavy (non-hydrogen) atoms. The van der Waals surface area contributed by atoms with E-state index in [0.29, 0.717) is 5.75 Å². The van der Waals surface area contributed by atoms with E-state index in [-0.39, 0.29) is 16.1 Å². The number of rotatable bonds is 5. The van der Waals surface area contributed by atoms with Gasteiger partial charge in [0.2, 0.25) is 5.91 Å². The number of aromatic nitrogens is 1. The molecule has 3 N–H and O–H groups in total. The lowest BCUT2D eigenvalue weighted by molar-refractivity contribution is 0.0997. The van der Waals surface area contributed by atoms with Crippen molar-refractivity contribution in [2.45, 2.75) is 4.90 Å². The first-order valence-corrected chi connectivity index (χ1v) is 7.33. The van der Waals surface area contributed by atoms with E-state index in [9.17, 15) is 13.2 Å². The van der Waals surface area contributed by atoms with Gasteiger partial charge in [0.15, 0.2) is 0 Å². The minimum atomic E-state index is -3.99. The van der Waals surface area contributed by atoms with Gasteiger partial charge in [0.05, 0.1) is 18.9 Å². The Morgan fingerprint density at radius 3 is 2.67 bits per heavy atom. The molecule has 0 aliphatic heterocycles. The van der Waals surface area contributed by atoms with Gasteiger partial charge in [0.1, 0.15) is 16.3 Å². The maximum Gasteiger partial charge on any atom is 0.262 e. The van der Waals surface area contributed by atoms with E-state index in [1.54, 1.807) is 0 Å². The summed E-state index contributed by atoms with van der Waals surface area (Å²) in [5, 5.41) is 0. The van der Waals surface area contributed by atoms with Crippen molar-refractivity contribution >= 4 is 21.6 Å². The lowest BCUT2D eigenvalue weighted by Gasteiger charge is -2.12. The molecule has 0 saturated heterocycles. The second-order valence-corrected chi connectivity index (χ2v) is 5.69. The predicted molar refractivity (Wildman–Crippen MR) is 76.6 cm³/mol. The molecule has 0 aliphatic carbocycles. The number of ether oxygens (including phenoxy) is 1. The maximum atomic E-state index is 12.4. The molecule has 0 fully saturated rings. The molecule has 0 bridgehead atoms. The van der Waals surface area contributed by atoms with Gasteiger partial charge >= 0.3 is 0 Å². The maximum absolute atomic E-state index is 12.4. The summed E-state index contributed by atoms with van der Waals surface area (Å²) in [5.41, 5.74) is 5.27. The molecule has 2 aromatic rings. The van der Waals surface area contributed by atoms with E-state index in [0.717, 1.165) is 0 Å². The normalized spacial score (nSPS) is 10.9. The smallest absolute Gasteiger partial charge is 0.262 e. The highest BCUT2D eigenvalue weighted by Crippen LogP contribution is 2.26. The first-order valence-electron chi connectivity index (χ1n) is 5.85. The molecule has 0 radical (unpaired) electrons. The van der Waals surface area contributed by atoms with Gasteiger partial charge in [0, 0.05) is 12.3 Å². The molecule has 0 spiro atoms. The van der Waals surface area contributed by atoms with Crippen LogP contribution in [0.15, 0.2) is 47.6 Å². The first-order chi connectivity index (χ1) is 9.95. The third-order valence-corrected chi connectivity index (χ3v) is 4.11. The number of nitrogens with two attached hydrogens (primary N) is 1. The number of hydrogen-bond donors (Lipinski definition) is 2. The third-order valence-electron chi connectivity index (χ3n) is 2.69. The van der Waals surface area contributed by atoms with Gasteiger partial charge in [0.25, 0.3) is 10.0 Å². The Hall–Kier alpha value is -2.61. The summed E-state index contributed by atoms with van der Waals surface area (Å²) in [6, 6.07) is 7.19. The molecule has 1 amide bonds. The third kappa shape index (κ3) is 3.11. The summed E-state index contributed by atoms with van der Waals surface area (Å²) < 4.78 is 32.2. The molecule has 7 nitrogen and oxygen atoms in total. The summed E-state index contributed by atoms with van der Waals surface area (Å²) in [6.45, 7) is 0. The highest BCUT2D eigenvalue weighted by atomic mass is 32.2. The van der Waals surface area contributed by atoms with Crippen LogP contribution in [0.2, 0.25) is 0 Å². The lowest BCUT2D eigenvalue weighted by atomic mass is 10.2. The molecule has 1 aromatic heterocycles. The zero-order chi connectivity index (χ0) is 15.5. The highest BCUT2D eigenvalue weighted by Gasteiger charge is 2.22. The fraction of sp³-hybridized carbons (Fsp3) is 0.0769. The molecule has 1 heterocycles. The molecule has 0 saturated carbocycles. The van der Waals surface area contributed by atoms with Crippen LogP contribution in [0.25, 0.3) is 0 Å². The summed E-state index contributed by atoms with van der Waals surface area (Å²) in [6.07, 6.45) is 2.78. The summed E-state index contributed by atoms with van der Waals surface area (Å²) in [4.78, 5) is 15.0. The second-order valence-electron chi connectivity index (χ2n) is 4.04. The monoisotopic (exact) mass is 307 g/mol. The van der Waals surface area contributed by atoms with Gasteiger partial charge < -0.3 is 10.5 Å². The summed E-state index contributed by atoms with van der Waals surface area (Å²) >= 11 is 0. The zero-order valence-corrected chi connectivity index (χ0v) is 11.9. The fourth-order valence-electron chi connectivity index (χ4n) is 1.74. The fourth-order valence-corrected chi connectivity index (χ4v) is 3.01. The average molecular weight is 307 g/mol. The highest BCUT2D eigenvalue weighted by molar-refractivity contribution is 7.92. The number of methoxy groups -OCH3 is 1. The van der Waals surface area contributed by atoms with E-state index < -0.39 is 15.9 Å². The quantitative estimate of drug-likeness (QED) is 0.855. The van der Waals surface area contributed by atoms with Crippen LogP contribution in [0.5, 0.6) is 5.75 Å². The Morgan fingerprint density at radius 2 is 2.00 bits per heavy atom. The van der Waals surface area contributed by atoms with Crippen LogP contribution in [0.3, 0.4) is 0 Å². The summed E-state index contributed by atoms with van der Waals surface area (Å²) in [7, 11) is -2.59. The number of amides is 1. The minimum absolute atomic E-state index is 0.0899. The number of nitrogens with zero attached hydrogens (tertiary/aromatic N) is 1. The van der Waals surface area contributed by atoms with E-state index in [1.807, 2.05) is 0 Å². The van der Waals surface area contributed by atoms with Gasteiger partial charge in [-0.1, -0.05) is 12.1 Å². The van der Waals surface area contributed by atoms with Crippen molar-refractivity contribution in [3.8, 4) is 5.75 Å². The Balaban J connectivity index is 2.46. The van der Waals surface area contributed by atoms with Crippen molar-refractivity contribution in [3.05, 3.63) is 48.3 Å². The molecular weight excluding hydrogens is 294 g/mol. The Kier molecular flexibility index (Phi) is 4.08. The van der Waals surface area contributed by atoms with E-state index >= 15 is 0 Å². The number of hydrogen-bond acceptors (Lipinski definition) is 5.